The predicted molar refractivity (Wildman–Crippen MR) is 78.8 cm³/mol. The zero-order valence-corrected chi connectivity index (χ0v) is 13.2. The molecule has 2 rings (SSSR count). The zero-order valence-electron chi connectivity index (χ0n) is 11.6. The van der Waals surface area contributed by atoms with Gasteiger partial charge in [0.25, 0.3) is 0 Å². The third-order valence-corrected chi connectivity index (χ3v) is 5.66. The van der Waals surface area contributed by atoms with Crippen LogP contribution in [0.15, 0.2) is 23.1 Å². The first kappa shape index (κ1) is 15.6. The Kier molecular flexibility index (Phi) is 4.90. The summed E-state index contributed by atoms with van der Waals surface area (Å²) in [5.41, 5.74) is 0. The van der Waals surface area contributed by atoms with Crippen LogP contribution >= 0.6 is 11.6 Å². The van der Waals surface area contributed by atoms with Gasteiger partial charge in [0.1, 0.15) is 5.75 Å². The fraction of sp³-hybridized carbons (Fsp3) is 0.538. The summed E-state index contributed by atoms with van der Waals surface area (Å²) in [6.45, 7) is 1.93. The van der Waals surface area contributed by atoms with E-state index in [0.717, 1.165) is 13.0 Å². The molecule has 0 spiro atoms. The van der Waals surface area contributed by atoms with Crippen LogP contribution in [-0.4, -0.2) is 46.5 Å². The van der Waals surface area contributed by atoms with Crippen molar-refractivity contribution in [2.24, 2.45) is 5.92 Å². The highest BCUT2D eigenvalue weighted by molar-refractivity contribution is 7.89. The van der Waals surface area contributed by atoms with Crippen LogP contribution in [0, 0.1) is 5.92 Å². The summed E-state index contributed by atoms with van der Waals surface area (Å²) in [4.78, 5) is 0.216. The van der Waals surface area contributed by atoms with E-state index in [9.17, 15) is 8.42 Å². The average molecular weight is 319 g/mol. The topological polar surface area (TPSA) is 58.6 Å². The van der Waals surface area contributed by atoms with Crippen molar-refractivity contribution in [3.63, 3.8) is 0 Å². The molecule has 1 fully saturated rings. The quantitative estimate of drug-likeness (QED) is 0.895. The SMILES string of the molecule is CNC[C@H]1CCN(S(=O)(=O)c2ccc(OC)c(Cl)c2)C1. The first-order valence-corrected chi connectivity index (χ1v) is 8.29. The number of benzene rings is 1. The van der Waals surface area contributed by atoms with Crippen LogP contribution in [0.4, 0.5) is 0 Å². The molecule has 7 heteroatoms. The van der Waals surface area contributed by atoms with E-state index < -0.39 is 10.0 Å². The minimum atomic E-state index is -3.47. The zero-order chi connectivity index (χ0) is 14.8. The van der Waals surface area contributed by atoms with Gasteiger partial charge in [0.15, 0.2) is 0 Å². The summed E-state index contributed by atoms with van der Waals surface area (Å²) in [7, 11) is -0.0982. The molecule has 1 aliphatic heterocycles. The van der Waals surface area contributed by atoms with Gasteiger partial charge < -0.3 is 10.1 Å². The van der Waals surface area contributed by atoms with Crippen molar-refractivity contribution in [3.8, 4) is 5.75 Å². The molecule has 0 amide bonds. The second kappa shape index (κ2) is 6.30. The number of rotatable bonds is 5. The number of nitrogens with zero attached hydrogens (tertiary/aromatic N) is 1. The molecule has 1 aromatic rings. The minimum Gasteiger partial charge on any atom is -0.495 e. The van der Waals surface area contributed by atoms with E-state index in [1.165, 1.54) is 23.5 Å². The van der Waals surface area contributed by atoms with E-state index >= 15 is 0 Å². The third-order valence-electron chi connectivity index (χ3n) is 3.50. The van der Waals surface area contributed by atoms with Gasteiger partial charge in [-0.1, -0.05) is 11.6 Å². The van der Waals surface area contributed by atoms with Gasteiger partial charge in [0.05, 0.1) is 17.0 Å². The van der Waals surface area contributed by atoms with E-state index in [2.05, 4.69) is 5.32 Å². The molecule has 0 aromatic heterocycles. The largest absolute Gasteiger partial charge is 0.495 e. The highest BCUT2D eigenvalue weighted by Gasteiger charge is 2.32. The van der Waals surface area contributed by atoms with Gasteiger partial charge in [-0.25, -0.2) is 8.42 Å². The molecule has 112 valence electrons. The van der Waals surface area contributed by atoms with Crippen LogP contribution < -0.4 is 10.1 Å². The van der Waals surface area contributed by atoms with E-state index in [0.29, 0.717) is 29.8 Å². The molecule has 1 aliphatic rings. The molecule has 1 N–H and O–H groups in total. The van der Waals surface area contributed by atoms with Crippen molar-refractivity contribution >= 4 is 21.6 Å². The molecule has 0 radical (unpaired) electrons. The lowest BCUT2D eigenvalue weighted by atomic mass is 10.1. The predicted octanol–water partition coefficient (Wildman–Crippen LogP) is 1.58. The fourth-order valence-corrected chi connectivity index (χ4v) is 4.31. The number of hydrogen-bond donors (Lipinski definition) is 1. The summed E-state index contributed by atoms with van der Waals surface area (Å²) >= 11 is 6.00. The van der Waals surface area contributed by atoms with E-state index in [1.54, 1.807) is 6.07 Å². The van der Waals surface area contributed by atoms with Gasteiger partial charge in [0.2, 0.25) is 10.0 Å². The standard InChI is InChI=1S/C13H19ClN2O3S/c1-15-8-10-5-6-16(9-10)20(17,18)11-3-4-13(19-2)12(14)7-11/h3-4,7,10,15H,5-6,8-9H2,1-2H3/t10-/m1/s1. The van der Waals surface area contributed by atoms with E-state index in [1.807, 2.05) is 7.05 Å². The first-order valence-electron chi connectivity index (χ1n) is 6.47. The highest BCUT2D eigenvalue weighted by Crippen LogP contribution is 2.30. The Bertz CT molecular complexity index is 577. The molecule has 1 heterocycles. The number of nitrogens with one attached hydrogen (secondary N) is 1. The number of sulfonamides is 1. The van der Waals surface area contributed by atoms with E-state index in [-0.39, 0.29) is 4.90 Å². The van der Waals surface area contributed by atoms with Crippen molar-refractivity contribution in [1.82, 2.24) is 9.62 Å². The summed E-state index contributed by atoms with van der Waals surface area (Å²) in [6, 6.07) is 4.56. The minimum absolute atomic E-state index is 0.216. The second-order valence-corrected chi connectivity index (χ2v) is 7.22. The third kappa shape index (κ3) is 3.09. The maximum Gasteiger partial charge on any atom is 0.243 e. The second-order valence-electron chi connectivity index (χ2n) is 4.87. The van der Waals surface area contributed by atoms with Crippen LogP contribution in [0.3, 0.4) is 0 Å². The number of hydrogen-bond acceptors (Lipinski definition) is 4. The molecule has 0 aliphatic carbocycles. The van der Waals surface area contributed by atoms with Gasteiger partial charge in [-0.05, 0) is 44.1 Å². The van der Waals surface area contributed by atoms with Crippen LogP contribution in [-0.2, 0) is 10.0 Å². The molecule has 1 saturated heterocycles. The molecule has 0 unspecified atom stereocenters. The van der Waals surface area contributed by atoms with Crippen LogP contribution in [0.25, 0.3) is 0 Å². The van der Waals surface area contributed by atoms with Crippen LogP contribution in [0.1, 0.15) is 6.42 Å². The van der Waals surface area contributed by atoms with Crippen LogP contribution in [0.2, 0.25) is 5.02 Å². The monoisotopic (exact) mass is 318 g/mol. The Morgan fingerprint density at radius 3 is 2.85 bits per heavy atom. The normalized spacial score (nSPS) is 20.2. The fourth-order valence-electron chi connectivity index (χ4n) is 2.43. The Labute approximate surface area is 124 Å². The lowest BCUT2D eigenvalue weighted by molar-refractivity contribution is 0.414. The summed E-state index contributed by atoms with van der Waals surface area (Å²) in [5, 5.41) is 3.39. The van der Waals surface area contributed by atoms with Gasteiger partial charge in [-0.2, -0.15) is 4.31 Å². The first-order chi connectivity index (χ1) is 9.48. The van der Waals surface area contributed by atoms with E-state index in [4.69, 9.17) is 16.3 Å². The molecule has 0 bridgehead atoms. The Balaban J connectivity index is 2.21. The van der Waals surface area contributed by atoms with Crippen molar-refractivity contribution in [2.75, 3.05) is 33.8 Å². The Hall–Kier alpha value is -0.820. The molecule has 1 aromatic carbocycles. The molecule has 5 nitrogen and oxygen atoms in total. The molecule has 20 heavy (non-hydrogen) atoms. The lowest BCUT2D eigenvalue weighted by Gasteiger charge is -2.17. The molecular formula is C13H19ClN2O3S. The Morgan fingerprint density at radius 2 is 2.25 bits per heavy atom. The van der Waals surface area contributed by atoms with Crippen molar-refractivity contribution in [3.05, 3.63) is 23.2 Å². The van der Waals surface area contributed by atoms with Gasteiger partial charge in [-0.15, -0.1) is 0 Å². The lowest BCUT2D eigenvalue weighted by Crippen LogP contribution is -2.30. The van der Waals surface area contributed by atoms with Crippen molar-refractivity contribution in [1.29, 1.82) is 0 Å². The maximum atomic E-state index is 12.5. The highest BCUT2D eigenvalue weighted by atomic mass is 35.5. The average Bonchev–Trinajstić information content (AvgIpc) is 2.88. The van der Waals surface area contributed by atoms with Crippen molar-refractivity contribution in [2.45, 2.75) is 11.3 Å². The Morgan fingerprint density at radius 1 is 1.50 bits per heavy atom. The number of halogens is 1. The number of methoxy groups -OCH3 is 1. The maximum absolute atomic E-state index is 12.5. The summed E-state index contributed by atoms with van der Waals surface area (Å²) in [5.74, 6) is 0.837. The molecule has 0 saturated carbocycles. The number of ether oxygens (including phenoxy) is 1. The summed E-state index contributed by atoms with van der Waals surface area (Å²) < 4.78 is 31.6. The van der Waals surface area contributed by atoms with Crippen molar-refractivity contribution < 1.29 is 13.2 Å². The smallest absolute Gasteiger partial charge is 0.243 e. The molecular weight excluding hydrogens is 300 g/mol. The van der Waals surface area contributed by atoms with Crippen LogP contribution in [0.5, 0.6) is 5.75 Å². The van der Waals surface area contributed by atoms with Gasteiger partial charge in [0, 0.05) is 13.1 Å². The summed E-state index contributed by atoms with van der Waals surface area (Å²) in [6.07, 6.45) is 0.879. The van der Waals surface area contributed by atoms with Gasteiger partial charge >= 0.3 is 0 Å². The molecule has 1 atom stereocenters. The van der Waals surface area contributed by atoms with Gasteiger partial charge in [-0.3, -0.25) is 0 Å².